The fraction of sp³-hybridized carbons (Fsp3) is 0.333. The maximum atomic E-state index is 12.2. The van der Waals surface area contributed by atoms with Crippen LogP contribution in [0.1, 0.15) is 10.4 Å². The second-order valence-electron chi connectivity index (χ2n) is 6.10. The molecular weight excluding hydrogens is 374 g/mol. The third-order valence-electron chi connectivity index (χ3n) is 3.87. The number of carbonyl (C=O) groups excluding carboxylic acids is 2. The van der Waals surface area contributed by atoms with Gasteiger partial charge in [0.2, 0.25) is 5.91 Å². The van der Waals surface area contributed by atoms with Crippen molar-refractivity contribution in [1.82, 2.24) is 5.32 Å². The Hall–Kier alpha value is -3.10. The van der Waals surface area contributed by atoms with Crippen molar-refractivity contribution >= 4 is 23.2 Å². The number of anilines is 2. The molecule has 2 rings (SSSR count). The summed E-state index contributed by atoms with van der Waals surface area (Å²) in [5, 5.41) is 8.59. The normalized spacial score (nSPS) is 10.3. The first-order chi connectivity index (χ1) is 14.1. The highest BCUT2D eigenvalue weighted by Gasteiger charge is 2.06. The Balaban J connectivity index is 1.79. The van der Waals surface area contributed by atoms with Crippen molar-refractivity contribution in [2.24, 2.45) is 0 Å². The monoisotopic (exact) mass is 401 g/mol. The number of nitrogens with one attached hydrogen (secondary N) is 3. The average Bonchev–Trinajstić information content (AvgIpc) is 2.73. The lowest BCUT2D eigenvalue weighted by Gasteiger charge is -2.10. The molecule has 8 nitrogen and oxygen atoms in total. The number of hydrogen-bond donors (Lipinski definition) is 3. The van der Waals surface area contributed by atoms with Gasteiger partial charge in [-0.1, -0.05) is 6.07 Å². The van der Waals surface area contributed by atoms with E-state index in [0.29, 0.717) is 43.4 Å². The van der Waals surface area contributed by atoms with Crippen molar-refractivity contribution in [3.63, 3.8) is 0 Å². The van der Waals surface area contributed by atoms with Crippen LogP contribution in [0.2, 0.25) is 0 Å². The number of ether oxygens (including phenoxy) is 3. The van der Waals surface area contributed by atoms with E-state index in [-0.39, 0.29) is 18.4 Å². The molecule has 0 radical (unpaired) electrons. The van der Waals surface area contributed by atoms with E-state index in [9.17, 15) is 9.59 Å². The van der Waals surface area contributed by atoms with Gasteiger partial charge in [0.15, 0.2) is 0 Å². The van der Waals surface area contributed by atoms with Gasteiger partial charge in [-0.05, 0) is 36.4 Å². The quantitative estimate of drug-likeness (QED) is 0.472. The van der Waals surface area contributed by atoms with Gasteiger partial charge in [-0.3, -0.25) is 9.59 Å². The third-order valence-corrected chi connectivity index (χ3v) is 3.87. The molecule has 2 aromatic rings. The largest absolute Gasteiger partial charge is 0.491 e. The SMILES string of the molecule is COCCNC(=O)c1ccc(NCC(=O)Nc2cccc(OCCOC)c2)cc1. The van der Waals surface area contributed by atoms with Gasteiger partial charge in [0.1, 0.15) is 12.4 Å². The van der Waals surface area contributed by atoms with Crippen LogP contribution in [0.25, 0.3) is 0 Å². The summed E-state index contributed by atoms with van der Waals surface area (Å²) < 4.78 is 15.4. The van der Waals surface area contributed by atoms with Gasteiger partial charge in [-0.15, -0.1) is 0 Å². The zero-order chi connectivity index (χ0) is 20.9. The Morgan fingerprint density at radius 3 is 2.38 bits per heavy atom. The average molecular weight is 401 g/mol. The minimum Gasteiger partial charge on any atom is -0.491 e. The molecule has 0 atom stereocenters. The van der Waals surface area contributed by atoms with Crippen molar-refractivity contribution in [1.29, 1.82) is 0 Å². The molecule has 0 aromatic heterocycles. The Bertz CT molecular complexity index is 780. The molecule has 0 bridgehead atoms. The van der Waals surface area contributed by atoms with Crippen LogP contribution in [0, 0.1) is 0 Å². The molecule has 156 valence electrons. The van der Waals surface area contributed by atoms with E-state index in [1.807, 2.05) is 12.1 Å². The summed E-state index contributed by atoms with van der Waals surface area (Å²) in [5.41, 5.74) is 1.93. The lowest BCUT2D eigenvalue weighted by atomic mass is 10.2. The number of methoxy groups -OCH3 is 2. The van der Waals surface area contributed by atoms with E-state index in [4.69, 9.17) is 14.2 Å². The highest BCUT2D eigenvalue weighted by atomic mass is 16.5. The first kappa shape index (κ1) is 22.2. The summed E-state index contributed by atoms with van der Waals surface area (Å²) in [6.07, 6.45) is 0. The molecule has 0 unspecified atom stereocenters. The molecule has 2 amide bonds. The number of hydrogen-bond acceptors (Lipinski definition) is 6. The molecule has 2 aromatic carbocycles. The topological polar surface area (TPSA) is 97.9 Å². The van der Waals surface area contributed by atoms with Crippen molar-refractivity contribution in [3.05, 3.63) is 54.1 Å². The van der Waals surface area contributed by atoms with E-state index >= 15 is 0 Å². The number of amides is 2. The summed E-state index contributed by atoms with van der Waals surface area (Å²) >= 11 is 0. The molecule has 0 aliphatic carbocycles. The minimum atomic E-state index is -0.194. The number of benzene rings is 2. The van der Waals surface area contributed by atoms with Crippen LogP contribution in [0.5, 0.6) is 5.75 Å². The molecule has 0 aliphatic heterocycles. The van der Waals surface area contributed by atoms with E-state index in [0.717, 1.165) is 5.69 Å². The zero-order valence-electron chi connectivity index (χ0n) is 16.7. The third kappa shape index (κ3) is 8.20. The molecule has 0 fully saturated rings. The van der Waals surface area contributed by atoms with Crippen molar-refractivity contribution in [3.8, 4) is 5.75 Å². The van der Waals surface area contributed by atoms with Gasteiger partial charge < -0.3 is 30.2 Å². The Morgan fingerprint density at radius 1 is 0.897 bits per heavy atom. The maximum absolute atomic E-state index is 12.2. The Kier molecular flexibility index (Phi) is 9.47. The standard InChI is InChI=1S/C21H27N3O5/c1-27-11-10-22-21(26)16-6-8-17(9-7-16)23-15-20(25)24-18-4-3-5-19(14-18)29-13-12-28-2/h3-9,14,23H,10-13,15H2,1-2H3,(H,22,26)(H,24,25). The molecule has 29 heavy (non-hydrogen) atoms. The summed E-state index contributed by atoms with van der Waals surface area (Å²) in [7, 11) is 3.19. The van der Waals surface area contributed by atoms with Gasteiger partial charge in [-0.25, -0.2) is 0 Å². The van der Waals surface area contributed by atoms with Crippen molar-refractivity contribution in [2.75, 3.05) is 57.8 Å². The summed E-state index contributed by atoms with van der Waals surface area (Å²) in [6, 6.07) is 14.1. The van der Waals surface area contributed by atoms with Crippen molar-refractivity contribution in [2.45, 2.75) is 0 Å². The van der Waals surface area contributed by atoms with Gasteiger partial charge >= 0.3 is 0 Å². The summed E-state index contributed by atoms with van der Waals surface area (Å²) in [5.74, 6) is 0.298. The van der Waals surface area contributed by atoms with Gasteiger partial charge in [0, 0.05) is 43.8 Å². The zero-order valence-corrected chi connectivity index (χ0v) is 16.7. The second kappa shape index (κ2) is 12.4. The fourth-order valence-corrected chi connectivity index (χ4v) is 2.40. The molecule has 0 aliphatic rings. The molecule has 0 saturated carbocycles. The smallest absolute Gasteiger partial charge is 0.251 e. The van der Waals surface area contributed by atoms with E-state index in [1.165, 1.54) is 0 Å². The molecule has 0 heterocycles. The van der Waals surface area contributed by atoms with E-state index in [1.54, 1.807) is 50.6 Å². The van der Waals surface area contributed by atoms with Crippen LogP contribution in [-0.4, -0.2) is 58.9 Å². The Labute approximate surface area is 170 Å². The maximum Gasteiger partial charge on any atom is 0.251 e. The molecule has 8 heteroatoms. The van der Waals surface area contributed by atoms with Gasteiger partial charge in [0.25, 0.3) is 5.91 Å². The van der Waals surface area contributed by atoms with Gasteiger partial charge in [-0.2, -0.15) is 0 Å². The summed E-state index contributed by atoms with van der Waals surface area (Å²) in [4.78, 5) is 24.1. The van der Waals surface area contributed by atoms with Crippen LogP contribution in [0.3, 0.4) is 0 Å². The first-order valence-electron chi connectivity index (χ1n) is 9.25. The highest BCUT2D eigenvalue weighted by Crippen LogP contribution is 2.17. The number of rotatable bonds is 12. The number of carbonyl (C=O) groups is 2. The Morgan fingerprint density at radius 2 is 1.66 bits per heavy atom. The van der Waals surface area contributed by atoms with E-state index < -0.39 is 0 Å². The molecular formula is C21H27N3O5. The predicted octanol–water partition coefficient (Wildman–Crippen LogP) is 2.14. The van der Waals surface area contributed by atoms with Crippen LogP contribution >= 0.6 is 0 Å². The summed E-state index contributed by atoms with van der Waals surface area (Å²) in [6.45, 7) is 1.94. The van der Waals surface area contributed by atoms with Crippen molar-refractivity contribution < 1.29 is 23.8 Å². The lowest BCUT2D eigenvalue weighted by Crippen LogP contribution is -2.26. The highest BCUT2D eigenvalue weighted by molar-refractivity contribution is 5.95. The molecule has 0 saturated heterocycles. The molecule has 0 spiro atoms. The van der Waals surface area contributed by atoms with Crippen LogP contribution < -0.4 is 20.7 Å². The van der Waals surface area contributed by atoms with E-state index in [2.05, 4.69) is 16.0 Å². The lowest BCUT2D eigenvalue weighted by molar-refractivity contribution is -0.114. The minimum absolute atomic E-state index is 0.0914. The van der Waals surface area contributed by atoms with Crippen LogP contribution in [0.4, 0.5) is 11.4 Å². The van der Waals surface area contributed by atoms with Crippen LogP contribution in [-0.2, 0) is 14.3 Å². The predicted molar refractivity (Wildman–Crippen MR) is 112 cm³/mol. The second-order valence-corrected chi connectivity index (χ2v) is 6.10. The molecule has 3 N–H and O–H groups in total. The first-order valence-corrected chi connectivity index (χ1v) is 9.25. The fourth-order valence-electron chi connectivity index (χ4n) is 2.40. The van der Waals surface area contributed by atoms with Crippen LogP contribution in [0.15, 0.2) is 48.5 Å². The van der Waals surface area contributed by atoms with Gasteiger partial charge in [0.05, 0.1) is 19.8 Å².